The number of rotatable bonds is 1. The van der Waals surface area contributed by atoms with E-state index in [0.29, 0.717) is 16.3 Å². The first kappa shape index (κ1) is 11.1. The van der Waals surface area contributed by atoms with Gasteiger partial charge in [-0.15, -0.1) is 11.3 Å². The molecule has 0 aliphatic heterocycles. The molecule has 0 saturated carbocycles. The molecule has 2 rings (SSSR count). The van der Waals surface area contributed by atoms with E-state index in [1.807, 2.05) is 0 Å². The first-order valence-electron chi connectivity index (χ1n) is 4.42. The molecule has 5 heteroatoms. The van der Waals surface area contributed by atoms with Crippen molar-refractivity contribution < 1.29 is 13.2 Å². The van der Waals surface area contributed by atoms with Crippen molar-refractivity contribution in [1.29, 1.82) is 0 Å². The minimum absolute atomic E-state index is 0.625. The zero-order valence-electron chi connectivity index (χ0n) is 8.08. The Morgan fingerprint density at radius 1 is 1.12 bits per heavy atom. The van der Waals surface area contributed by atoms with Crippen LogP contribution in [0.2, 0.25) is 0 Å². The van der Waals surface area contributed by atoms with E-state index >= 15 is 0 Å². The molecular weight excluding hydrogens is 235 g/mol. The number of halogens is 3. The van der Waals surface area contributed by atoms with Gasteiger partial charge in [-0.25, -0.2) is 4.98 Å². The minimum atomic E-state index is -4.29. The van der Waals surface area contributed by atoms with Crippen LogP contribution in [0.1, 0.15) is 11.3 Å². The van der Waals surface area contributed by atoms with Crippen LogP contribution in [0.3, 0.4) is 0 Å². The molecule has 1 heterocycles. The lowest BCUT2D eigenvalue weighted by atomic mass is 10.1. The fourth-order valence-electron chi connectivity index (χ4n) is 1.24. The molecule has 1 aromatic heterocycles. The second-order valence-corrected chi connectivity index (χ2v) is 4.08. The maximum atomic E-state index is 12.3. The molecule has 0 N–H and O–H groups in total. The van der Waals surface area contributed by atoms with Crippen LogP contribution in [0, 0.1) is 6.92 Å². The highest BCUT2D eigenvalue weighted by Gasteiger charge is 2.30. The van der Waals surface area contributed by atoms with Gasteiger partial charge in [0.1, 0.15) is 5.01 Å². The molecule has 0 saturated heterocycles. The van der Waals surface area contributed by atoms with Gasteiger partial charge in [0.05, 0.1) is 11.3 Å². The van der Waals surface area contributed by atoms with Gasteiger partial charge in [0, 0.05) is 10.9 Å². The van der Waals surface area contributed by atoms with Gasteiger partial charge in [0.2, 0.25) is 0 Å². The van der Waals surface area contributed by atoms with Crippen molar-refractivity contribution in [3.05, 3.63) is 47.8 Å². The standard InChI is InChI=1S/C11H7F3NS/c1-7-6-16-10(15-7)8-2-4-9(5-3-8)11(12,13)14/h2-6H,1H2. The Hall–Kier alpha value is -1.36. The largest absolute Gasteiger partial charge is 0.416 e. The van der Waals surface area contributed by atoms with Gasteiger partial charge >= 0.3 is 6.18 Å². The predicted octanol–water partition coefficient (Wildman–Crippen LogP) is 4.01. The number of hydrogen-bond acceptors (Lipinski definition) is 2. The number of benzene rings is 1. The van der Waals surface area contributed by atoms with E-state index < -0.39 is 11.7 Å². The van der Waals surface area contributed by atoms with E-state index in [1.54, 1.807) is 5.38 Å². The Bertz CT molecular complexity index is 485. The van der Waals surface area contributed by atoms with Gasteiger partial charge in [-0.2, -0.15) is 13.2 Å². The van der Waals surface area contributed by atoms with Crippen LogP contribution < -0.4 is 0 Å². The number of aromatic nitrogens is 1. The van der Waals surface area contributed by atoms with Crippen molar-refractivity contribution >= 4 is 11.3 Å². The molecule has 1 radical (unpaired) electrons. The lowest BCUT2D eigenvalue weighted by molar-refractivity contribution is -0.137. The molecule has 0 aliphatic rings. The van der Waals surface area contributed by atoms with Crippen LogP contribution in [0.5, 0.6) is 0 Å². The molecule has 0 spiro atoms. The molecule has 1 aromatic carbocycles. The number of nitrogens with zero attached hydrogens (tertiary/aromatic N) is 1. The normalized spacial score (nSPS) is 11.8. The average Bonchev–Trinajstić information content (AvgIpc) is 2.64. The van der Waals surface area contributed by atoms with Gasteiger partial charge in [-0.05, 0) is 19.1 Å². The molecule has 0 fully saturated rings. The summed E-state index contributed by atoms with van der Waals surface area (Å²) in [5, 5.41) is 2.44. The summed E-state index contributed by atoms with van der Waals surface area (Å²) in [5.41, 5.74) is 0.649. The molecule has 83 valence electrons. The van der Waals surface area contributed by atoms with E-state index in [-0.39, 0.29) is 0 Å². The summed E-state index contributed by atoms with van der Waals surface area (Å²) >= 11 is 1.36. The second-order valence-electron chi connectivity index (χ2n) is 3.22. The number of hydrogen-bond donors (Lipinski definition) is 0. The maximum Gasteiger partial charge on any atom is 0.416 e. The van der Waals surface area contributed by atoms with E-state index in [9.17, 15) is 13.2 Å². The predicted molar refractivity (Wildman–Crippen MR) is 57.0 cm³/mol. The first-order chi connectivity index (χ1) is 7.47. The van der Waals surface area contributed by atoms with Crippen molar-refractivity contribution in [3.63, 3.8) is 0 Å². The van der Waals surface area contributed by atoms with Gasteiger partial charge in [0.15, 0.2) is 0 Å². The van der Waals surface area contributed by atoms with E-state index in [0.717, 1.165) is 12.1 Å². The van der Waals surface area contributed by atoms with Crippen LogP contribution in [0.4, 0.5) is 13.2 Å². The smallest absolute Gasteiger partial charge is 0.241 e. The van der Waals surface area contributed by atoms with E-state index in [2.05, 4.69) is 11.9 Å². The van der Waals surface area contributed by atoms with Crippen LogP contribution in [-0.4, -0.2) is 4.98 Å². The van der Waals surface area contributed by atoms with Crippen LogP contribution in [0.25, 0.3) is 10.6 Å². The zero-order valence-corrected chi connectivity index (χ0v) is 8.90. The van der Waals surface area contributed by atoms with Gasteiger partial charge in [0.25, 0.3) is 0 Å². The maximum absolute atomic E-state index is 12.3. The average molecular weight is 242 g/mol. The lowest BCUT2D eigenvalue weighted by Crippen LogP contribution is -2.03. The molecular formula is C11H7F3NS. The summed E-state index contributed by atoms with van der Waals surface area (Å²) in [5.74, 6) is 0. The summed E-state index contributed by atoms with van der Waals surface area (Å²) in [6.07, 6.45) is -4.29. The summed E-state index contributed by atoms with van der Waals surface area (Å²) in [6.45, 7) is 3.64. The Morgan fingerprint density at radius 3 is 2.19 bits per heavy atom. The summed E-state index contributed by atoms with van der Waals surface area (Å²) in [7, 11) is 0. The van der Waals surface area contributed by atoms with E-state index in [1.165, 1.54) is 23.5 Å². The Kier molecular flexibility index (Phi) is 2.71. The van der Waals surface area contributed by atoms with Crippen molar-refractivity contribution in [2.75, 3.05) is 0 Å². The van der Waals surface area contributed by atoms with Crippen molar-refractivity contribution in [2.45, 2.75) is 6.18 Å². The minimum Gasteiger partial charge on any atom is -0.241 e. The van der Waals surface area contributed by atoms with Gasteiger partial charge < -0.3 is 0 Å². The molecule has 0 unspecified atom stereocenters. The molecule has 2 aromatic rings. The van der Waals surface area contributed by atoms with Crippen molar-refractivity contribution in [1.82, 2.24) is 4.98 Å². The highest BCUT2D eigenvalue weighted by molar-refractivity contribution is 7.13. The van der Waals surface area contributed by atoms with Crippen molar-refractivity contribution in [2.24, 2.45) is 0 Å². The Balaban J connectivity index is 2.33. The van der Waals surface area contributed by atoms with Gasteiger partial charge in [-0.3, -0.25) is 0 Å². The number of alkyl halides is 3. The number of thiazole rings is 1. The topological polar surface area (TPSA) is 12.9 Å². The first-order valence-corrected chi connectivity index (χ1v) is 5.30. The molecule has 0 bridgehead atoms. The van der Waals surface area contributed by atoms with Crippen LogP contribution in [0.15, 0.2) is 29.6 Å². The molecule has 0 amide bonds. The monoisotopic (exact) mass is 242 g/mol. The quantitative estimate of drug-likeness (QED) is 0.736. The molecule has 16 heavy (non-hydrogen) atoms. The van der Waals surface area contributed by atoms with Crippen LogP contribution >= 0.6 is 11.3 Å². The summed E-state index contributed by atoms with van der Waals surface area (Å²) in [4.78, 5) is 4.10. The SMILES string of the molecule is [CH2]c1csc(-c2ccc(C(F)(F)F)cc2)n1. The molecule has 0 atom stereocenters. The molecule has 1 nitrogen and oxygen atoms in total. The highest BCUT2D eigenvalue weighted by atomic mass is 32.1. The second kappa shape index (κ2) is 3.90. The molecule has 0 aliphatic carbocycles. The highest BCUT2D eigenvalue weighted by Crippen LogP contribution is 2.31. The Morgan fingerprint density at radius 2 is 1.75 bits per heavy atom. The zero-order chi connectivity index (χ0) is 11.8. The summed E-state index contributed by atoms with van der Waals surface area (Å²) in [6, 6.07) is 4.95. The third-order valence-corrected chi connectivity index (χ3v) is 2.95. The third-order valence-electron chi connectivity index (χ3n) is 2.01. The van der Waals surface area contributed by atoms with Crippen LogP contribution in [-0.2, 0) is 6.18 Å². The Labute approximate surface area is 94.6 Å². The van der Waals surface area contributed by atoms with Gasteiger partial charge in [-0.1, -0.05) is 12.1 Å². The lowest BCUT2D eigenvalue weighted by Gasteiger charge is -2.06. The summed E-state index contributed by atoms with van der Waals surface area (Å²) < 4.78 is 36.9. The van der Waals surface area contributed by atoms with Crippen molar-refractivity contribution in [3.8, 4) is 10.6 Å². The fourth-order valence-corrected chi connectivity index (χ4v) is 1.98. The van der Waals surface area contributed by atoms with E-state index in [4.69, 9.17) is 0 Å². The third kappa shape index (κ3) is 2.24. The fraction of sp³-hybridized carbons (Fsp3) is 0.0909.